The van der Waals surface area contributed by atoms with Gasteiger partial charge in [-0.1, -0.05) is 13.3 Å². The molecule has 0 saturated carbocycles. The second-order valence-corrected chi connectivity index (χ2v) is 3.91. The van der Waals surface area contributed by atoms with Crippen LogP contribution in [-0.4, -0.2) is 48.3 Å². The molecule has 0 fully saturated rings. The summed E-state index contributed by atoms with van der Waals surface area (Å²) in [6.45, 7) is -0.300. The molecule has 20 heavy (non-hydrogen) atoms. The Morgan fingerprint density at radius 1 is 1.25 bits per heavy atom. The van der Waals surface area contributed by atoms with Crippen LogP contribution < -0.4 is 16.0 Å². The molecule has 3 amide bonds. The van der Waals surface area contributed by atoms with Crippen LogP contribution in [0, 0.1) is 0 Å². The summed E-state index contributed by atoms with van der Waals surface area (Å²) in [4.78, 5) is 32.9. The van der Waals surface area contributed by atoms with Crippen LogP contribution in [0.25, 0.3) is 0 Å². The lowest BCUT2D eigenvalue weighted by Crippen LogP contribution is -2.48. The van der Waals surface area contributed by atoms with E-state index in [1.165, 1.54) is 5.32 Å². The van der Waals surface area contributed by atoms with Crippen molar-refractivity contribution in [1.82, 2.24) is 16.0 Å². The van der Waals surface area contributed by atoms with Crippen molar-refractivity contribution in [3.05, 3.63) is 0 Å². The number of halogens is 3. The number of imide groups is 1. The van der Waals surface area contributed by atoms with E-state index in [-0.39, 0.29) is 6.42 Å². The Morgan fingerprint density at radius 2 is 1.85 bits per heavy atom. The molecule has 0 aromatic carbocycles. The van der Waals surface area contributed by atoms with Crippen LogP contribution in [0.4, 0.5) is 18.0 Å². The second kappa shape index (κ2) is 8.35. The molecule has 0 heterocycles. The number of carbonyl (C=O) groups excluding carboxylic acids is 2. The van der Waals surface area contributed by atoms with E-state index < -0.39 is 43.2 Å². The van der Waals surface area contributed by atoms with Crippen molar-refractivity contribution >= 4 is 17.9 Å². The molecule has 4 N–H and O–H groups in total. The summed E-state index contributed by atoms with van der Waals surface area (Å²) < 4.78 is 35.3. The van der Waals surface area contributed by atoms with Gasteiger partial charge in [0, 0.05) is 0 Å². The molecule has 0 aromatic rings. The molecule has 0 aliphatic rings. The van der Waals surface area contributed by atoms with Crippen molar-refractivity contribution < 1.29 is 32.7 Å². The fourth-order valence-electron chi connectivity index (χ4n) is 1.21. The maximum absolute atomic E-state index is 11.8. The minimum atomic E-state index is -4.58. The lowest BCUT2D eigenvalue weighted by molar-refractivity contribution is -0.139. The zero-order valence-electron chi connectivity index (χ0n) is 10.7. The number of hydrogen-bond donors (Lipinski definition) is 4. The van der Waals surface area contributed by atoms with E-state index in [1.54, 1.807) is 12.2 Å². The highest BCUT2D eigenvalue weighted by molar-refractivity contribution is 5.95. The molecule has 0 saturated heterocycles. The van der Waals surface area contributed by atoms with Gasteiger partial charge in [-0.25, -0.2) is 4.79 Å². The molecule has 0 aliphatic heterocycles. The average Bonchev–Trinajstić information content (AvgIpc) is 2.30. The van der Waals surface area contributed by atoms with Crippen LogP contribution in [0.5, 0.6) is 0 Å². The van der Waals surface area contributed by atoms with Crippen molar-refractivity contribution in [2.24, 2.45) is 0 Å². The fourth-order valence-corrected chi connectivity index (χ4v) is 1.21. The molecular weight excluding hydrogens is 283 g/mol. The maximum Gasteiger partial charge on any atom is 0.405 e. The van der Waals surface area contributed by atoms with Crippen molar-refractivity contribution in [3.8, 4) is 0 Å². The van der Waals surface area contributed by atoms with Crippen LogP contribution in [0.2, 0.25) is 0 Å². The normalized spacial score (nSPS) is 12.6. The lowest BCUT2D eigenvalue weighted by Gasteiger charge is -2.13. The smallest absolute Gasteiger partial charge is 0.405 e. The van der Waals surface area contributed by atoms with Gasteiger partial charge in [0.1, 0.15) is 12.6 Å². The zero-order chi connectivity index (χ0) is 15.8. The monoisotopic (exact) mass is 299 g/mol. The minimum Gasteiger partial charge on any atom is -0.480 e. The number of amides is 3. The molecule has 0 radical (unpaired) electrons. The van der Waals surface area contributed by atoms with Crippen molar-refractivity contribution in [2.45, 2.75) is 32.0 Å². The van der Waals surface area contributed by atoms with Gasteiger partial charge in [0.2, 0.25) is 5.91 Å². The van der Waals surface area contributed by atoms with Crippen molar-refractivity contribution in [1.29, 1.82) is 0 Å². The highest BCUT2D eigenvalue weighted by Gasteiger charge is 2.28. The molecule has 116 valence electrons. The molecule has 1 unspecified atom stereocenters. The topological polar surface area (TPSA) is 108 Å². The molecule has 0 rings (SSSR count). The Hall–Kier alpha value is -1.84. The van der Waals surface area contributed by atoms with E-state index in [1.807, 2.05) is 0 Å². The summed E-state index contributed by atoms with van der Waals surface area (Å²) in [7, 11) is 0. The number of rotatable bonds is 7. The summed E-state index contributed by atoms with van der Waals surface area (Å²) >= 11 is 0. The van der Waals surface area contributed by atoms with Crippen LogP contribution >= 0.6 is 0 Å². The van der Waals surface area contributed by atoms with Crippen molar-refractivity contribution in [3.63, 3.8) is 0 Å². The third kappa shape index (κ3) is 9.14. The lowest BCUT2D eigenvalue weighted by atomic mass is 10.2. The van der Waals surface area contributed by atoms with E-state index in [2.05, 4.69) is 5.32 Å². The van der Waals surface area contributed by atoms with Crippen LogP contribution in [0.3, 0.4) is 0 Å². The molecule has 7 nitrogen and oxygen atoms in total. The van der Waals surface area contributed by atoms with Gasteiger partial charge in [-0.2, -0.15) is 13.2 Å². The Kier molecular flexibility index (Phi) is 7.59. The number of carboxylic acids is 1. The predicted molar refractivity (Wildman–Crippen MR) is 61.9 cm³/mol. The Morgan fingerprint density at radius 3 is 2.30 bits per heavy atom. The first-order valence-corrected chi connectivity index (χ1v) is 5.76. The zero-order valence-corrected chi connectivity index (χ0v) is 10.7. The highest BCUT2D eigenvalue weighted by atomic mass is 19.4. The number of aliphatic carboxylic acids is 1. The maximum atomic E-state index is 11.8. The van der Waals surface area contributed by atoms with Gasteiger partial charge in [-0.05, 0) is 6.42 Å². The Labute approximate surface area is 112 Å². The van der Waals surface area contributed by atoms with Crippen LogP contribution in [-0.2, 0) is 9.59 Å². The summed E-state index contributed by atoms with van der Waals surface area (Å²) in [6, 6.07) is -2.25. The van der Waals surface area contributed by atoms with Crippen LogP contribution in [0.15, 0.2) is 0 Å². The molecular formula is C10H16F3N3O4. The fraction of sp³-hybridized carbons (Fsp3) is 0.700. The van der Waals surface area contributed by atoms with E-state index in [0.29, 0.717) is 6.42 Å². The molecule has 0 aromatic heterocycles. The summed E-state index contributed by atoms with van der Waals surface area (Å²) in [5, 5.41) is 14.3. The number of nitrogens with one attached hydrogen (secondary N) is 3. The van der Waals surface area contributed by atoms with Gasteiger partial charge >= 0.3 is 18.2 Å². The van der Waals surface area contributed by atoms with E-state index in [9.17, 15) is 27.6 Å². The second-order valence-electron chi connectivity index (χ2n) is 3.91. The molecule has 0 aliphatic carbocycles. The molecule has 10 heteroatoms. The first-order chi connectivity index (χ1) is 9.15. The highest BCUT2D eigenvalue weighted by Crippen LogP contribution is 2.11. The number of hydrogen-bond acceptors (Lipinski definition) is 4. The van der Waals surface area contributed by atoms with Gasteiger partial charge in [-0.3, -0.25) is 20.2 Å². The first kappa shape index (κ1) is 18.2. The predicted octanol–water partition coefficient (Wildman–Crippen LogP) is 0.217. The minimum absolute atomic E-state index is 0.281. The third-order valence-electron chi connectivity index (χ3n) is 2.09. The number of alkyl halides is 3. The van der Waals surface area contributed by atoms with Gasteiger partial charge in [0.05, 0.1) is 6.54 Å². The number of carboxylic acid groups (broad SMARTS) is 1. The van der Waals surface area contributed by atoms with Gasteiger partial charge < -0.3 is 10.4 Å². The Bertz CT molecular complexity index is 360. The van der Waals surface area contributed by atoms with Crippen molar-refractivity contribution in [2.75, 3.05) is 13.1 Å². The van der Waals surface area contributed by atoms with Crippen LogP contribution in [0.1, 0.15) is 19.8 Å². The quantitative estimate of drug-likeness (QED) is 0.538. The standard InChI is InChI=1S/C10H16F3N3O4/c1-2-3-6(8(18)19)14-4-7(17)16-9(20)15-5-10(11,12)13/h6,14H,2-5H2,1H3,(H,18,19)(H2,15,16,17,20). The summed E-state index contributed by atoms with van der Waals surface area (Å²) in [5.74, 6) is -2.08. The average molecular weight is 299 g/mol. The van der Waals surface area contributed by atoms with E-state index in [0.717, 1.165) is 0 Å². The Balaban J connectivity index is 4.04. The van der Waals surface area contributed by atoms with Gasteiger partial charge in [-0.15, -0.1) is 0 Å². The SMILES string of the molecule is CCCC(NCC(=O)NC(=O)NCC(F)(F)F)C(=O)O. The van der Waals surface area contributed by atoms with E-state index in [4.69, 9.17) is 5.11 Å². The molecule has 0 spiro atoms. The summed E-state index contributed by atoms with van der Waals surface area (Å²) in [6.07, 6.45) is -3.73. The number of carbonyl (C=O) groups is 3. The molecule has 0 bridgehead atoms. The first-order valence-electron chi connectivity index (χ1n) is 5.76. The largest absolute Gasteiger partial charge is 0.480 e. The summed E-state index contributed by atoms with van der Waals surface area (Å²) in [5.41, 5.74) is 0. The van der Waals surface area contributed by atoms with E-state index >= 15 is 0 Å². The number of urea groups is 1. The molecule has 1 atom stereocenters. The third-order valence-corrected chi connectivity index (χ3v) is 2.09. The van der Waals surface area contributed by atoms with Gasteiger partial charge in [0.15, 0.2) is 0 Å². The van der Waals surface area contributed by atoms with Gasteiger partial charge in [0.25, 0.3) is 0 Å².